The minimum Gasteiger partial charge on any atom is -0.358 e. The molecule has 27 heavy (non-hydrogen) atoms. The summed E-state index contributed by atoms with van der Waals surface area (Å²) in [4.78, 5) is 20.7. The fraction of sp³-hybridized carbons (Fsp3) is 0.238. The molecule has 0 unspecified atom stereocenters. The maximum atomic E-state index is 12.6. The highest BCUT2D eigenvalue weighted by atomic mass is 35.5. The molecule has 0 saturated heterocycles. The number of nitrogens with zero attached hydrogens (tertiary/aromatic N) is 2. The lowest BCUT2D eigenvalue weighted by Crippen LogP contribution is -2.22. The van der Waals surface area contributed by atoms with Gasteiger partial charge in [0.05, 0.1) is 17.3 Å². The van der Waals surface area contributed by atoms with Crippen LogP contribution in [0.5, 0.6) is 0 Å². The van der Waals surface area contributed by atoms with Crippen molar-refractivity contribution in [1.29, 1.82) is 0 Å². The molecule has 1 aliphatic carbocycles. The summed E-state index contributed by atoms with van der Waals surface area (Å²) < 4.78 is 1.86. The van der Waals surface area contributed by atoms with Gasteiger partial charge in [-0.15, -0.1) is 0 Å². The predicted octanol–water partition coefficient (Wildman–Crippen LogP) is 4.28. The summed E-state index contributed by atoms with van der Waals surface area (Å²) >= 11 is 6.00. The van der Waals surface area contributed by atoms with Crippen LogP contribution >= 0.6 is 11.6 Å². The van der Waals surface area contributed by atoms with Crippen LogP contribution in [0.3, 0.4) is 0 Å². The lowest BCUT2D eigenvalue weighted by Gasteiger charge is -2.10. The number of aromatic amines is 1. The largest absolute Gasteiger partial charge is 0.358 e. The summed E-state index contributed by atoms with van der Waals surface area (Å²) in [5, 5.41) is 4.80. The van der Waals surface area contributed by atoms with Crippen molar-refractivity contribution >= 4 is 34.1 Å². The standard InChI is InChI=1S/C21H19ClN4O/c22-14-6-8-20-24-15(12-26(20)11-14)10-23-21(27)13-5-7-19-17(9-13)16-3-1-2-4-18(16)25-19/h5-9,11-12,25H,1-4,10H2,(H,23,27). The number of aryl methyl sites for hydroxylation is 2. The first-order valence-electron chi connectivity index (χ1n) is 9.22. The van der Waals surface area contributed by atoms with E-state index in [1.54, 1.807) is 12.3 Å². The molecule has 0 bridgehead atoms. The van der Waals surface area contributed by atoms with Crippen molar-refractivity contribution in [2.75, 3.05) is 0 Å². The third kappa shape index (κ3) is 2.98. The summed E-state index contributed by atoms with van der Waals surface area (Å²) in [6, 6.07) is 9.56. The van der Waals surface area contributed by atoms with E-state index < -0.39 is 0 Å². The number of rotatable bonds is 3. The highest BCUT2D eigenvalue weighted by molar-refractivity contribution is 6.30. The van der Waals surface area contributed by atoms with Gasteiger partial charge in [0.25, 0.3) is 5.91 Å². The van der Waals surface area contributed by atoms with Crippen LogP contribution in [-0.4, -0.2) is 20.3 Å². The molecule has 136 valence electrons. The molecule has 5 rings (SSSR count). The number of hydrogen-bond donors (Lipinski definition) is 2. The average molecular weight is 379 g/mol. The molecule has 3 aromatic heterocycles. The Kier molecular flexibility index (Phi) is 3.90. The van der Waals surface area contributed by atoms with Crippen molar-refractivity contribution < 1.29 is 4.79 Å². The first-order valence-corrected chi connectivity index (χ1v) is 9.60. The van der Waals surface area contributed by atoms with Gasteiger partial charge in [0.1, 0.15) is 5.65 Å². The fourth-order valence-corrected chi connectivity index (χ4v) is 4.09. The fourth-order valence-electron chi connectivity index (χ4n) is 3.92. The zero-order valence-corrected chi connectivity index (χ0v) is 15.5. The minimum atomic E-state index is -0.0854. The number of pyridine rings is 1. The molecule has 1 aliphatic rings. The van der Waals surface area contributed by atoms with Crippen molar-refractivity contribution in [1.82, 2.24) is 19.7 Å². The first-order chi connectivity index (χ1) is 13.2. The van der Waals surface area contributed by atoms with Gasteiger partial charge in [0.2, 0.25) is 0 Å². The van der Waals surface area contributed by atoms with E-state index in [0.717, 1.165) is 29.7 Å². The van der Waals surface area contributed by atoms with Crippen molar-refractivity contribution in [3.63, 3.8) is 0 Å². The molecule has 1 amide bonds. The molecule has 0 atom stereocenters. The quantitative estimate of drug-likeness (QED) is 0.559. The van der Waals surface area contributed by atoms with E-state index in [-0.39, 0.29) is 5.91 Å². The van der Waals surface area contributed by atoms with E-state index >= 15 is 0 Å². The van der Waals surface area contributed by atoms with E-state index in [4.69, 9.17) is 11.6 Å². The molecule has 0 saturated carbocycles. The number of aromatic nitrogens is 3. The summed E-state index contributed by atoms with van der Waals surface area (Å²) in [6.45, 7) is 0.376. The van der Waals surface area contributed by atoms with Crippen molar-refractivity contribution in [2.24, 2.45) is 0 Å². The SMILES string of the molecule is O=C(NCc1cn2cc(Cl)ccc2n1)c1ccc2[nH]c3c(c2c1)CCCC3. The maximum Gasteiger partial charge on any atom is 0.251 e. The van der Waals surface area contributed by atoms with Crippen molar-refractivity contribution in [3.8, 4) is 0 Å². The topological polar surface area (TPSA) is 62.2 Å². The Morgan fingerprint density at radius 3 is 3.00 bits per heavy atom. The molecule has 0 radical (unpaired) electrons. The van der Waals surface area contributed by atoms with Gasteiger partial charge < -0.3 is 14.7 Å². The second-order valence-corrected chi connectivity index (χ2v) is 7.51. The van der Waals surface area contributed by atoms with Gasteiger partial charge in [-0.25, -0.2) is 4.98 Å². The highest BCUT2D eigenvalue weighted by Gasteiger charge is 2.17. The van der Waals surface area contributed by atoms with Gasteiger partial charge in [-0.1, -0.05) is 11.6 Å². The monoisotopic (exact) mass is 378 g/mol. The molecule has 0 fully saturated rings. The van der Waals surface area contributed by atoms with Crippen LogP contribution in [0.4, 0.5) is 0 Å². The molecular formula is C21H19ClN4O. The molecule has 0 aliphatic heterocycles. The molecular weight excluding hydrogens is 360 g/mol. The van der Waals surface area contributed by atoms with Gasteiger partial charge in [-0.3, -0.25) is 4.79 Å². The van der Waals surface area contributed by atoms with Crippen LogP contribution in [0, 0.1) is 0 Å². The van der Waals surface area contributed by atoms with Gasteiger partial charge in [-0.2, -0.15) is 0 Å². The second kappa shape index (κ2) is 6.43. The lowest BCUT2D eigenvalue weighted by atomic mass is 9.95. The van der Waals surface area contributed by atoms with Crippen LogP contribution in [0.15, 0.2) is 42.7 Å². The number of halogens is 1. The number of imidazole rings is 1. The first kappa shape index (κ1) is 16.4. The normalized spacial score (nSPS) is 13.8. The van der Waals surface area contributed by atoms with E-state index in [2.05, 4.69) is 15.3 Å². The number of H-pyrrole nitrogens is 1. The van der Waals surface area contributed by atoms with Gasteiger partial charge in [0, 0.05) is 34.6 Å². The Morgan fingerprint density at radius 2 is 2.07 bits per heavy atom. The molecule has 6 heteroatoms. The molecule has 2 N–H and O–H groups in total. The summed E-state index contributed by atoms with van der Waals surface area (Å²) in [6.07, 6.45) is 8.32. The zero-order valence-electron chi connectivity index (χ0n) is 14.8. The van der Waals surface area contributed by atoms with Gasteiger partial charge >= 0.3 is 0 Å². The number of carbonyl (C=O) groups is 1. The summed E-state index contributed by atoms with van der Waals surface area (Å²) in [5.41, 5.74) is 6.12. The van der Waals surface area contributed by atoms with Gasteiger partial charge in [-0.05, 0) is 61.6 Å². The third-order valence-electron chi connectivity index (χ3n) is 5.26. The minimum absolute atomic E-state index is 0.0854. The summed E-state index contributed by atoms with van der Waals surface area (Å²) in [5.74, 6) is -0.0854. The van der Waals surface area contributed by atoms with Crippen LogP contribution in [0.2, 0.25) is 5.02 Å². The number of benzene rings is 1. The zero-order chi connectivity index (χ0) is 18.4. The number of fused-ring (bicyclic) bond motifs is 4. The van der Waals surface area contributed by atoms with E-state index in [9.17, 15) is 4.79 Å². The van der Waals surface area contributed by atoms with E-state index in [0.29, 0.717) is 17.1 Å². The molecule has 3 heterocycles. The molecule has 1 aromatic carbocycles. The molecule has 0 spiro atoms. The predicted molar refractivity (Wildman–Crippen MR) is 106 cm³/mol. The van der Waals surface area contributed by atoms with Crippen LogP contribution in [0.25, 0.3) is 16.6 Å². The number of hydrogen-bond acceptors (Lipinski definition) is 2. The van der Waals surface area contributed by atoms with Crippen LogP contribution in [0.1, 0.15) is 40.2 Å². The molecule has 5 nitrogen and oxygen atoms in total. The van der Waals surface area contributed by atoms with Crippen molar-refractivity contribution in [3.05, 3.63) is 70.3 Å². The third-order valence-corrected chi connectivity index (χ3v) is 5.48. The highest BCUT2D eigenvalue weighted by Crippen LogP contribution is 2.29. The Balaban J connectivity index is 1.37. The van der Waals surface area contributed by atoms with E-state index in [1.807, 2.05) is 34.9 Å². The van der Waals surface area contributed by atoms with Crippen molar-refractivity contribution in [2.45, 2.75) is 32.2 Å². The van der Waals surface area contributed by atoms with Crippen LogP contribution < -0.4 is 5.32 Å². The number of nitrogens with one attached hydrogen (secondary N) is 2. The summed E-state index contributed by atoms with van der Waals surface area (Å²) in [7, 11) is 0. The smallest absolute Gasteiger partial charge is 0.251 e. The Bertz CT molecular complexity index is 1170. The lowest BCUT2D eigenvalue weighted by molar-refractivity contribution is 0.0950. The Hall–Kier alpha value is -2.79. The maximum absolute atomic E-state index is 12.6. The van der Waals surface area contributed by atoms with Crippen LogP contribution in [-0.2, 0) is 19.4 Å². The Labute approximate surface area is 161 Å². The van der Waals surface area contributed by atoms with Gasteiger partial charge in [0.15, 0.2) is 0 Å². The van der Waals surface area contributed by atoms with E-state index in [1.165, 1.54) is 29.5 Å². The Morgan fingerprint density at radius 1 is 1.19 bits per heavy atom. The number of carbonyl (C=O) groups excluding carboxylic acids is 1. The molecule has 4 aromatic rings. The number of amides is 1. The average Bonchev–Trinajstić information content (AvgIpc) is 3.25. The second-order valence-electron chi connectivity index (χ2n) is 7.08.